The molecule has 1 aliphatic rings. The normalized spacial score (nSPS) is 16.0. The van der Waals surface area contributed by atoms with Crippen LogP contribution in [-0.4, -0.2) is 10.9 Å². The molecule has 0 spiro atoms. The van der Waals surface area contributed by atoms with Crippen LogP contribution in [0.25, 0.3) is 6.08 Å². The molecule has 0 aromatic heterocycles. The Morgan fingerprint density at radius 1 is 1.06 bits per heavy atom. The number of ketones is 1. The van der Waals surface area contributed by atoms with Gasteiger partial charge in [-0.1, -0.05) is 36.4 Å². The van der Waals surface area contributed by atoms with Crippen molar-refractivity contribution in [3.05, 3.63) is 70.8 Å². The van der Waals surface area contributed by atoms with Crippen LogP contribution in [0.1, 0.15) is 21.5 Å². The number of rotatable bonds is 1. The van der Waals surface area contributed by atoms with E-state index >= 15 is 0 Å². The SMILES string of the molecule is O=C1C(=Cc2cccc(O)c2)Cc2ccccc21. The quantitative estimate of drug-likeness (QED) is 0.772. The maximum absolute atomic E-state index is 12.2. The number of hydrogen-bond acceptors (Lipinski definition) is 2. The molecule has 2 aromatic carbocycles. The topological polar surface area (TPSA) is 37.3 Å². The Morgan fingerprint density at radius 2 is 1.89 bits per heavy atom. The highest BCUT2D eigenvalue weighted by molar-refractivity contribution is 6.15. The second kappa shape index (κ2) is 4.15. The van der Waals surface area contributed by atoms with E-state index in [1.54, 1.807) is 18.2 Å². The summed E-state index contributed by atoms with van der Waals surface area (Å²) in [6, 6.07) is 14.6. The minimum absolute atomic E-state index is 0.0916. The summed E-state index contributed by atoms with van der Waals surface area (Å²) < 4.78 is 0. The summed E-state index contributed by atoms with van der Waals surface area (Å²) in [5, 5.41) is 9.41. The van der Waals surface area contributed by atoms with Gasteiger partial charge in [0.1, 0.15) is 5.75 Å². The molecule has 3 rings (SSSR count). The second-order valence-corrected chi connectivity index (χ2v) is 4.43. The first-order valence-electron chi connectivity index (χ1n) is 5.86. The standard InChI is InChI=1S/C16H12O2/c17-14-6-3-4-11(9-14)8-13-10-12-5-1-2-7-15(12)16(13)18/h1-9,17H,10H2. The van der Waals surface area contributed by atoms with E-state index in [4.69, 9.17) is 0 Å². The van der Waals surface area contributed by atoms with Crippen LogP contribution in [0.5, 0.6) is 5.75 Å². The molecule has 0 heterocycles. The first kappa shape index (κ1) is 10.8. The van der Waals surface area contributed by atoms with Gasteiger partial charge in [-0.15, -0.1) is 0 Å². The van der Waals surface area contributed by atoms with E-state index in [1.807, 2.05) is 36.4 Å². The van der Waals surface area contributed by atoms with E-state index < -0.39 is 0 Å². The number of carbonyl (C=O) groups excluding carboxylic acids is 1. The van der Waals surface area contributed by atoms with Crippen molar-refractivity contribution in [3.63, 3.8) is 0 Å². The van der Waals surface area contributed by atoms with Crippen molar-refractivity contribution in [2.75, 3.05) is 0 Å². The van der Waals surface area contributed by atoms with Gasteiger partial charge in [-0.05, 0) is 29.3 Å². The lowest BCUT2D eigenvalue weighted by molar-refractivity contribution is 0.104. The molecule has 0 saturated carbocycles. The molecule has 1 aliphatic carbocycles. The van der Waals surface area contributed by atoms with E-state index in [-0.39, 0.29) is 11.5 Å². The van der Waals surface area contributed by atoms with E-state index in [2.05, 4.69) is 0 Å². The predicted octanol–water partition coefficient (Wildman–Crippen LogP) is 3.21. The second-order valence-electron chi connectivity index (χ2n) is 4.43. The molecule has 0 atom stereocenters. The molecule has 2 heteroatoms. The number of benzene rings is 2. The fraction of sp³-hybridized carbons (Fsp3) is 0.0625. The van der Waals surface area contributed by atoms with Crippen LogP contribution in [0.15, 0.2) is 54.1 Å². The molecule has 88 valence electrons. The van der Waals surface area contributed by atoms with Crippen LogP contribution in [-0.2, 0) is 6.42 Å². The van der Waals surface area contributed by atoms with Crippen LogP contribution < -0.4 is 0 Å². The lowest BCUT2D eigenvalue weighted by Gasteiger charge is -1.97. The summed E-state index contributed by atoms with van der Waals surface area (Å²) in [6.45, 7) is 0. The third-order valence-corrected chi connectivity index (χ3v) is 3.15. The van der Waals surface area contributed by atoms with Crippen LogP contribution in [0.3, 0.4) is 0 Å². The van der Waals surface area contributed by atoms with Crippen LogP contribution >= 0.6 is 0 Å². The molecule has 2 nitrogen and oxygen atoms in total. The summed E-state index contributed by atoms with van der Waals surface area (Å²) in [5.74, 6) is 0.307. The number of hydrogen-bond donors (Lipinski definition) is 1. The molecule has 18 heavy (non-hydrogen) atoms. The minimum atomic E-state index is 0.0916. The van der Waals surface area contributed by atoms with Crippen molar-refractivity contribution in [2.45, 2.75) is 6.42 Å². The van der Waals surface area contributed by atoms with Gasteiger partial charge in [-0.3, -0.25) is 4.79 Å². The lowest BCUT2D eigenvalue weighted by atomic mass is 10.1. The zero-order valence-electron chi connectivity index (χ0n) is 9.76. The highest BCUT2D eigenvalue weighted by atomic mass is 16.3. The molecule has 0 bridgehead atoms. The number of allylic oxidation sites excluding steroid dienone is 1. The summed E-state index contributed by atoms with van der Waals surface area (Å²) >= 11 is 0. The summed E-state index contributed by atoms with van der Waals surface area (Å²) in [7, 11) is 0. The van der Waals surface area contributed by atoms with Gasteiger partial charge in [-0.2, -0.15) is 0 Å². The van der Waals surface area contributed by atoms with Gasteiger partial charge in [-0.25, -0.2) is 0 Å². The Bertz CT molecular complexity index is 654. The Balaban J connectivity index is 1.99. The van der Waals surface area contributed by atoms with E-state index in [0.29, 0.717) is 6.42 Å². The van der Waals surface area contributed by atoms with Crippen molar-refractivity contribution >= 4 is 11.9 Å². The Morgan fingerprint density at radius 3 is 2.67 bits per heavy atom. The molecule has 0 unspecified atom stereocenters. The summed E-state index contributed by atoms with van der Waals surface area (Å²) in [4.78, 5) is 12.2. The van der Waals surface area contributed by atoms with E-state index in [9.17, 15) is 9.90 Å². The molecule has 0 aliphatic heterocycles. The third kappa shape index (κ3) is 1.82. The zero-order chi connectivity index (χ0) is 12.5. The average molecular weight is 236 g/mol. The number of fused-ring (bicyclic) bond motifs is 1. The van der Waals surface area contributed by atoms with Crippen LogP contribution in [0, 0.1) is 0 Å². The maximum Gasteiger partial charge on any atom is 0.189 e. The molecule has 2 aromatic rings. The molecule has 0 radical (unpaired) electrons. The summed E-state index contributed by atoms with van der Waals surface area (Å²) in [5.41, 5.74) is 3.51. The van der Waals surface area contributed by atoms with Gasteiger partial charge >= 0.3 is 0 Å². The number of Topliss-reactive ketones (excluding diaryl/α,β-unsaturated/α-hetero) is 1. The number of phenols is 1. The average Bonchev–Trinajstić information content (AvgIpc) is 2.67. The monoisotopic (exact) mass is 236 g/mol. The maximum atomic E-state index is 12.2. The molecule has 1 N–H and O–H groups in total. The highest BCUT2D eigenvalue weighted by Gasteiger charge is 2.23. The van der Waals surface area contributed by atoms with Crippen LogP contribution in [0.4, 0.5) is 0 Å². The number of phenolic OH excluding ortho intramolecular Hbond substituents is 1. The first-order valence-corrected chi connectivity index (χ1v) is 5.86. The number of carbonyl (C=O) groups is 1. The van der Waals surface area contributed by atoms with Gasteiger partial charge in [0.15, 0.2) is 5.78 Å². The predicted molar refractivity (Wildman–Crippen MR) is 70.6 cm³/mol. The molecular weight excluding hydrogens is 224 g/mol. The van der Waals surface area contributed by atoms with Gasteiger partial charge < -0.3 is 5.11 Å². The minimum Gasteiger partial charge on any atom is -0.508 e. The van der Waals surface area contributed by atoms with E-state index in [0.717, 1.165) is 22.3 Å². The van der Waals surface area contributed by atoms with Crippen LogP contribution in [0.2, 0.25) is 0 Å². The molecular formula is C16H12O2. The molecule has 0 amide bonds. The lowest BCUT2D eigenvalue weighted by Crippen LogP contribution is -1.94. The van der Waals surface area contributed by atoms with Crippen molar-refractivity contribution in [3.8, 4) is 5.75 Å². The first-order chi connectivity index (χ1) is 8.74. The van der Waals surface area contributed by atoms with Gasteiger partial charge in [0, 0.05) is 17.6 Å². The molecule has 0 saturated heterocycles. The number of aromatic hydroxyl groups is 1. The Kier molecular flexibility index (Phi) is 2.49. The summed E-state index contributed by atoms with van der Waals surface area (Å²) in [6.07, 6.45) is 2.52. The fourth-order valence-corrected chi connectivity index (χ4v) is 2.29. The molecule has 0 fully saturated rings. The largest absolute Gasteiger partial charge is 0.508 e. The fourth-order valence-electron chi connectivity index (χ4n) is 2.29. The Hall–Kier alpha value is -2.35. The van der Waals surface area contributed by atoms with Gasteiger partial charge in [0.25, 0.3) is 0 Å². The van der Waals surface area contributed by atoms with Crippen molar-refractivity contribution in [2.24, 2.45) is 0 Å². The Labute approximate surface area is 105 Å². The van der Waals surface area contributed by atoms with Crippen molar-refractivity contribution < 1.29 is 9.90 Å². The van der Waals surface area contributed by atoms with Crippen molar-refractivity contribution in [1.29, 1.82) is 0 Å². The van der Waals surface area contributed by atoms with Crippen molar-refractivity contribution in [1.82, 2.24) is 0 Å². The third-order valence-electron chi connectivity index (χ3n) is 3.15. The van der Waals surface area contributed by atoms with E-state index in [1.165, 1.54) is 0 Å². The van der Waals surface area contributed by atoms with Gasteiger partial charge in [0.2, 0.25) is 0 Å². The zero-order valence-corrected chi connectivity index (χ0v) is 9.76. The smallest absolute Gasteiger partial charge is 0.189 e. The highest BCUT2D eigenvalue weighted by Crippen LogP contribution is 2.27. The van der Waals surface area contributed by atoms with Gasteiger partial charge in [0.05, 0.1) is 0 Å².